The van der Waals surface area contributed by atoms with E-state index in [2.05, 4.69) is 20.8 Å². The van der Waals surface area contributed by atoms with Crippen molar-refractivity contribution in [2.24, 2.45) is 11.3 Å². The lowest BCUT2D eigenvalue weighted by atomic mass is 9.97. The van der Waals surface area contributed by atoms with Crippen molar-refractivity contribution in [1.29, 1.82) is 0 Å². The predicted molar refractivity (Wildman–Crippen MR) is 57.7 cm³/mol. The van der Waals surface area contributed by atoms with Gasteiger partial charge < -0.3 is 10.2 Å². The lowest BCUT2D eigenvalue weighted by Crippen LogP contribution is -2.20. The molecule has 0 unspecified atom stereocenters. The first-order valence-electron chi connectivity index (χ1n) is 5.15. The standard InChI is InChI=1S/C6H14.C5H12O2/c1-4-6(3)5-2;1-5(2,3-6)4-7/h6H,4-5H2,1-3H3;6-7H,3-4H2,1-2H3. The maximum atomic E-state index is 8.43. The Kier molecular flexibility index (Phi) is 10.1. The monoisotopic (exact) mass is 190 g/mol. The van der Waals surface area contributed by atoms with E-state index in [9.17, 15) is 0 Å². The highest BCUT2D eigenvalue weighted by Crippen LogP contribution is 2.10. The molecule has 13 heavy (non-hydrogen) atoms. The van der Waals surface area contributed by atoms with Gasteiger partial charge in [0.25, 0.3) is 0 Å². The molecule has 82 valence electrons. The summed E-state index contributed by atoms with van der Waals surface area (Å²) in [4.78, 5) is 0. The van der Waals surface area contributed by atoms with Gasteiger partial charge in [0.1, 0.15) is 0 Å². The van der Waals surface area contributed by atoms with Crippen molar-refractivity contribution in [2.45, 2.75) is 47.5 Å². The third-order valence-electron chi connectivity index (χ3n) is 2.25. The van der Waals surface area contributed by atoms with Gasteiger partial charge >= 0.3 is 0 Å². The molecule has 0 aliphatic heterocycles. The molecular weight excluding hydrogens is 164 g/mol. The summed E-state index contributed by atoms with van der Waals surface area (Å²) in [5.74, 6) is 0.935. The van der Waals surface area contributed by atoms with Gasteiger partial charge in [-0.25, -0.2) is 0 Å². The topological polar surface area (TPSA) is 40.5 Å². The molecule has 0 heterocycles. The lowest BCUT2D eigenvalue weighted by Gasteiger charge is -2.16. The van der Waals surface area contributed by atoms with Gasteiger partial charge in [-0.15, -0.1) is 0 Å². The van der Waals surface area contributed by atoms with Crippen LogP contribution >= 0.6 is 0 Å². The van der Waals surface area contributed by atoms with E-state index in [1.165, 1.54) is 12.8 Å². The largest absolute Gasteiger partial charge is 0.396 e. The number of aliphatic hydroxyl groups is 2. The molecule has 0 aromatic rings. The Morgan fingerprint density at radius 3 is 1.31 bits per heavy atom. The Hall–Kier alpha value is -0.0800. The number of rotatable bonds is 4. The van der Waals surface area contributed by atoms with Crippen LogP contribution in [0.25, 0.3) is 0 Å². The molecule has 2 nitrogen and oxygen atoms in total. The van der Waals surface area contributed by atoms with Gasteiger partial charge in [0.15, 0.2) is 0 Å². The molecule has 0 atom stereocenters. The molecule has 0 aromatic carbocycles. The average Bonchev–Trinajstić information content (AvgIpc) is 2.17. The van der Waals surface area contributed by atoms with E-state index >= 15 is 0 Å². The minimum Gasteiger partial charge on any atom is -0.396 e. The molecular formula is C11H26O2. The molecule has 0 saturated carbocycles. The van der Waals surface area contributed by atoms with Crippen LogP contribution in [-0.4, -0.2) is 23.4 Å². The first-order valence-corrected chi connectivity index (χ1v) is 5.15. The van der Waals surface area contributed by atoms with Crippen LogP contribution in [0.5, 0.6) is 0 Å². The molecule has 0 radical (unpaired) electrons. The van der Waals surface area contributed by atoms with Gasteiger partial charge in [0.05, 0.1) is 13.2 Å². The third kappa shape index (κ3) is 11.9. The SMILES string of the molecule is CC(C)(CO)CO.CCC(C)CC. The fourth-order valence-electron chi connectivity index (χ4n) is 0.339. The molecule has 0 aliphatic carbocycles. The molecule has 0 bridgehead atoms. The first kappa shape index (κ1) is 15.4. The molecule has 0 saturated heterocycles. The summed E-state index contributed by atoms with van der Waals surface area (Å²) in [5, 5.41) is 16.9. The average molecular weight is 190 g/mol. The second-order valence-corrected chi connectivity index (χ2v) is 4.40. The van der Waals surface area contributed by atoms with Crippen molar-refractivity contribution in [3.63, 3.8) is 0 Å². The van der Waals surface area contributed by atoms with E-state index in [0.717, 1.165) is 5.92 Å². The van der Waals surface area contributed by atoms with Crippen molar-refractivity contribution < 1.29 is 10.2 Å². The molecule has 0 aromatic heterocycles. The Morgan fingerprint density at radius 1 is 1.00 bits per heavy atom. The highest BCUT2D eigenvalue weighted by Gasteiger charge is 2.13. The van der Waals surface area contributed by atoms with Crippen molar-refractivity contribution >= 4 is 0 Å². The van der Waals surface area contributed by atoms with Crippen molar-refractivity contribution in [3.05, 3.63) is 0 Å². The van der Waals surface area contributed by atoms with E-state index in [-0.39, 0.29) is 18.6 Å². The zero-order valence-electron chi connectivity index (χ0n) is 9.80. The zero-order chi connectivity index (χ0) is 10.9. The van der Waals surface area contributed by atoms with E-state index in [1.54, 1.807) is 13.8 Å². The third-order valence-corrected chi connectivity index (χ3v) is 2.25. The zero-order valence-corrected chi connectivity index (χ0v) is 9.80. The molecule has 0 aliphatic rings. The molecule has 0 fully saturated rings. The van der Waals surface area contributed by atoms with Gasteiger partial charge in [0, 0.05) is 5.41 Å². The fourth-order valence-corrected chi connectivity index (χ4v) is 0.339. The van der Waals surface area contributed by atoms with Crippen molar-refractivity contribution in [3.8, 4) is 0 Å². The molecule has 2 N–H and O–H groups in total. The van der Waals surface area contributed by atoms with Crippen LogP contribution in [0.3, 0.4) is 0 Å². The summed E-state index contributed by atoms with van der Waals surface area (Å²) in [6.07, 6.45) is 2.66. The molecule has 0 rings (SSSR count). The van der Waals surface area contributed by atoms with Crippen LogP contribution < -0.4 is 0 Å². The summed E-state index contributed by atoms with van der Waals surface area (Å²) in [5.41, 5.74) is -0.306. The molecule has 0 spiro atoms. The Morgan fingerprint density at radius 2 is 1.31 bits per heavy atom. The second-order valence-electron chi connectivity index (χ2n) is 4.40. The van der Waals surface area contributed by atoms with Gasteiger partial charge in [-0.2, -0.15) is 0 Å². The summed E-state index contributed by atoms with van der Waals surface area (Å²) >= 11 is 0. The van der Waals surface area contributed by atoms with E-state index in [4.69, 9.17) is 10.2 Å². The number of aliphatic hydroxyl groups excluding tert-OH is 2. The van der Waals surface area contributed by atoms with Gasteiger partial charge in [-0.3, -0.25) is 0 Å². The first-order chi connectivity index (χ1) is 5.93. The van der Waals surface area contributed by atoms with E-state index in [0.29, 0.717) is 0 Å². The van der Waals surface area contributed by atoms with Gasteiger partial charge in [-0.1, -0.05) is 47.5 Å². The quantitative estimate of drug-likeness (QED) is 0.715. The summed E-state index contributed by atoms with van der Waals surface area (Å²) in [7, 11) is 0. The highest BCUT2D eigenvalue weighted by molar-refractivity contribution is 4.62. The van der Waals surface area contributed by atoms with Crippen LogP contribution in [0, 0.1) is 11.3 Å². The Bertz CT molecular complexity index is 90.3. The van der Waals surface area contributed by atoms with Crippen LogP contribution in [0.1, 0.15) is 47.5 Å². The van der Waals surface area contributed by atoms with E-state index < -0.39 is 0 Å². The summed E-state index contributed by atoms with van der Waals surface area (Å²) < 4.78 is 0. The Labute approximate surface area is 83.0 Å². The molecule has 0 amide bonds. The van der Waals surface area contributed by atoms with Gasteiger partial charge in [-0.05, 0) is 5.92 Å². The van der Waals surface area contributed by atoms with Crippen molar-refractivity contribution in [1.82, 2.24) is 0 Å². The van der Waals surface area contributed by atoms with Gasteiger partial charge in [0.2, 0.25) is 0 Å². The maximum absolute atomic E-state index is 8.43. The van der Waals surface area contributed by atoms with E-state index in [1.807, 2.05) is 0 Å². The van der Waals surface area contributed by atoms with Crippen LogP contribution in [0.4, 0.5) is 0 Å². The molecule has 2 heteroatoms. The lowest BCUT2D eigenvalue weighted by molar-refractivity contribution is 0.0857. The van der Waals surface area contributed by atoms with Crippen LogP contribution in [0.2, 0.25) is 0 Å². The smallest absolute Gasteiger partial charge is 0.0504 e. The Balaban J connectivity index is 0. The maximum Gasteiger partial charge on any atom is 0.0504 e. The normalized spacial score (nSPS) is 11.1. The number of hydrogen-bond donors (Lipinski definition) is 2. The minimum atomic E-state index is -0.306. The van der Waals surface area contributed by atoms with Crippen LogP contribution in [-0.2, 0) is 0 Å². The minimum absolute atomic E-state index is 0.0451. The fraction of sp³-hybridized carbons (Fsp3) is 1.00. The predicted octanol–water partition coefficient (Wildman–Crippen LogP) is 2.44. The number of hydrogen-bond acceptors (Lipinski definition) is 2. The van der Waals surface area contributed by atoms with Crippen molar-refractivity contribution in [2.75, 3.05) is 13.2 Å². The summed E-state index contributed by atoms with van der Waals surface area (Å²) in [6, 6.07) is 0. The second kappa shape index (κ2) is 8.52. The van der Waals surface area contributed by atoms with Crippen LogP contribution in [0.15, 0.2) is 0 Å². The highest BCUT2D eigenvalue weighted by atomic mass is 16.3. The summed E-state index contributed by atoms with van der Waals surface area (Å²) in [6.45, 7) is 10.4.